The maximum Gasteiger partial charge on any atom is 0.471 e. The second kappa shape index (κ2) is 8.29. The van der Waals surface area contributed by atoms with Crippen molar-refractivity contribution in [1.82, 2.24) is 0 Å². The van der Waals surface area contributed by atoms with Crippen molar-refractivity contribution in [1.29, 1.82) is 0 Å². The minimum Gasteiger partial charge on any atom is -0.459 e. The fourth-order valence-electron chi connectivity index (χ4n) is 2.71. The van der Waals surface area contributed by atoms with Gasteiger partial charge in [0, 0.05) is 6.42 Å². The lowest BCUT2D eigenvalue weighted by atomic mass is 10.0. The van der Waals surface area contributed by atoms with Crippen LogP contribution in [-0.2, 0) is 18.6 Å². The topological polar surface area (TPSA) is 102 Å². The normalized spacial score (nSPS) is 22.6. The highest BCUT2D eigenvalue weighted by atomic mass is 31.2. The summed E-state index contributed by atoms with van der Waals surface area (Å²) in [4.78, 5) is 29.6. The highest BCUT2D eigenvalue weighted by Gasteiger charge is 2.40. The molecule has 0 aromatic heterocycles. The van der Waals surface area contributed by atoms with Crippen LogP contribution in [0.4, 0.5) is 4.39 Å². The molecule has 3 atom stereocenters. The van der Waals surface area contributed by atoms with Crippen molar-refractivity contribution in [2.24, 2.45) is 0 Å². The van der Waals surface area contributed by atoms with Gasteiger partial charge >= 0.3 is 13.8 Å². The minimum absolute atomic E-state index is 0.297. The zero-order chi connectivity index (χ0) is 19.4. The van der Waals surface area contributed by atoms with E-state index in [-0.39, 0.29) is 13.0 Å². The Balaban J connectivity index is 1.54. The van der Waals surface area contributed by atoms with Gasteiger partial charge in [-0.2, -0.15) is 0 Å². The average molecular weight is 396 g/mol. The molecule has 9 heteroatoms. The zero-order valence-electron chi connectivity index (χ0n) is 14.1. The largest absolute Gasteiger partial charge is 0.471 e. The Morgan fingerprint density at radius 1 is 1.11 bits per heavy atom. The van der Waals surface area contributed by atoms with Gasteiger partial charge in [0.25, 0.3) is 0 Å². The summed E-state index contributed by atoms with van der Waals surface area (Å²) >= 11 is 0. The van der Waals surface area contributed by atoms with E-state index in [1.807, 2.05) is 30.3 Å². The molecule has 0 saturated carbocycles. The lowest BCUT2D eigenvalue weighted by molar-refractivity contribution is -0.101. The molecule has 1 fully saturated rings. The first-order chi connectivity index (χ1) is 12.8. The first-order valence-corrected chi connectivity index (χ1v) is 9.71. The van der Waals surface area contributed by atoms with Gasteiger partial charge in [-0.25, -0.2) is 13.8 Å². The van der Waals surface area contributed by atoms with Gasteiger partial charge in [0.2, 0.25) is 0 Å². The highest BCUT2D eigenvalue weighted by Crippen LogP contribution is 2.41. The number of hydrogen-bond acceptors (Lipinski definition) is 5. The zero-order valence-corrected chi connectivity index (χ0v) is 15.0. The highest BCUT2D eigenvalue weighted by molar-refractivity contribution is 7.46. The second-order valence-corrected chi connectivity index (χ2v) is 7.19. The molecule has 0 amide bonds. The van der Waals surface area contributed by atoms with Crippen molar-refractivity contribution in [2.75, 3.05) is 6.61 Å². The van der Waals surface area contributed by atoms with E-state index in [2.05, 4.69) is 4.52 Å². The molecule has 2 aromatic rings. The maximum absolute atomic E-state index is 13.9. The average Bonchev–Trinajstić information content (AvgIpc) is 2.98. The molecule has 0 unspecified atom stereocenters. The summed E-state index contributed by atoms with van der Waals surface area (Å²) in [6.07, 6.45) is -4.43. The Morgan fingerprint density at radius 2 is 1.74 bits per heavy atom. The first kappa shape index (κ1) is 19.7. The van der Waals surface area contributed by atoms with E-state index in [0.717, 1.165) is 11.1 Å². The molecule has 27 heavy (non-hydrogen) atoms. The van der Waals surface area contributed by atoms with Crippen LogP contribution in [-0.4, -0.2) is 40.9 Å². The smallest absolute Gasteiger partial charge is 0.459 e. The van der Waals surface area contributed by atoms with Gasteiger partial charge in [0.1, 0.15) is 18.9 Å². The molecule has 0 bridgehead atoms. The van der Waals surface area contributed by atoms with Gasteiger partial charge in [-0.3, -0.25) is 4.52 Å². The number of benzene rings is 2. The second-order valence-electron chi connectivity index (χ2n) is 5.99. The van der Waals surface area contributed by atoms with Crippen LogP contribution >= 0.6 is 7.82 Å². The first-order valence-electron chi connectivity index (χ1n) is 8.18. The minimum atomic E-state index is -4.78. The number of carbonyl (C=O) groups excluding carboxylic acids is 1. The quantitative estimate of drug-likeness (QED) is 0.571. The summed E-state index contributed by atoms with van der Waals surface area (Å²) in [6, 6.07) is 16.4. The van der Waals surface area contributed by atoms with Gasteiger partial charge < -0.3 is 19.3 Å². The van der Waals surface area contributed by atoms with Crippen molar-refractivity contribution < 1.29 is 37.5 Å². The van der Waals surface area contributed by atoms with Crippen LogP contribution in [0.5, 0.6) is 0 Å². The van der Waals surface area contributed by atoms with E-state index < -0.39 is 32.4 Å². The summed E-state index contributed by atoms with van der Waals surface area (Å²) in [6.45, 7) is -0.387. The van der Waals surface area contributed by atoms with Crippen LogP contribution in [0, 0.1) is 0 Å². The van der Waals surface area contributed by atoms with Crippen molar-refractivity contribution in [2.45, 2.75) is 25.0 Å². The van der Waals surface area contributed by atoms with Gasteiger partial charge in [-0.1, -0.05) is 42.5 Å². The third kappa shape index (κ3) is 5.45. The Hall–Kier alpha value is -2.09. The van der Waals surface area contributed by atoms with Gasteiger partial charge in [0.05, 0.1) is 5.56 Å². The molecule has 3 rings (SSSR count). The predicted octanol–water partition coefficient (Wildman–Crippen LogP) is 3.07. The molecule has 1 saturated heterocycles. The summed E-state index contributed by atoms with van der Waals surface area (Å²) in [7, 11) is -4.78. The molecule has 1 heterocycles. The van der Waals surface area contributed by atoms with Crippen LogP contribution in [0.2, 0.25) is 0 Å². The van der Waals surface area contributed by atoms with Crippen LogP contribution < -0.4 is 0 Å². The van der Waals surface area contributed by atoms with Crippen LogP contribution in [0.15, 0.2) is 54.6 Å². The standard InChI is InChI=1S/C18H18FO7P/c19-15-10-17(26-27(21,22)23)25-16(15)11-24-18(20)14-8-6-13(7-9-14)12-4-2-1-3-5-12/h1-9,15-17H,10-11H2,(H2,21,22,23)/t15-,16+,17-/m0/s1. The van der Waals surface area contributed by atoms with Gasteiger partial charge in [0.15, 0.2) is 6.29 Å². The van der Waals surface area contributed by atoms with E-state index in [9.17, 15) is 13.8 Å². The predicted molar refractivity (Wildman–Crippen MR) is 93.5 cm³/mol. The fraction of sp³-hybridized carbons (Fsp3) is 0.278. The third-order valence-electron chi connectivity index (χ3n) is 4.01. The number of phosphoric ester groups is 1. The van der Waals surface area contributed by atoms with Gasteiger partial charge in [-0.05, 0) is 23.3 Å². The molecule has 2 aromatic carbocycles. The van der Waals surface area contributed by atoms with Crippen LogP contribution in [0.25, 0.3) is 11.1 Å². The van der Waals surface area contributed by atoms with Crippen LogP contribution in [0.3, 0.4) is 0 Å². The van der Waals surface area contributed by atoms with E-state index >= 15 is 0 Å². The number of halogens is 1. The SMILES string of the molecule is O=C(OC[C@H]1O[C@@H](OP(=O)(O)O)C[C@@H]1F)c1ccc(-c2ccccc2)cc1. The molecule has 2 N–H and O–H groups in total. The van der Waals surface area contributed by atoms with E-state index in [1.54, 1.807) is 24.3 Å². The Bertz CT molecular complexity index is 821. The number of rotatable bonds is 6. The number of hydrogen-bond donors (Lipinski definition) is 2. The third-order valence-corrected chi connectivity index (χ3v) is 4.52. The summed E-state index contributed by atoms with van der Waals surface area (Å²) in [5.74, 6) is -0.648. The number of alkyl halides is 1. The molecular weight excluding hydrogens is 378 g/mol. The van der Waals surface area contributed by atoms with E-state index in [1.165, 1.54) is 0 Å². The Morgan fingerprint density at radius 3 is 2.37 bits per heavy atom. The van der Waals surface area contributed by atoms with Crippen molar-refractivity contribution in [3.63, 3.8) is 0 Å². The number of esters is 1. The number of carbonyl (C=O) groups is 1. The lowest BCUT2D eigenvalue weighted by Crippen LogP contribution is -2.25. The van der Waals surface area contributed by atoms with E-state index in [4.69, 9.17) is 19.3 Å². The Kier molecular flexibility index (Phi) is 6.04. The number of phosphoric acid groups is 1. The molecule has 0 aliphatic carbocycles. The van der Waals surface area contributed by atoms with Gasteiger partial charge in [-0.15, -0.1) is 0 Å². The maximum atomic E-state index is 13.9. The Labute approximate surface area is 154 Å². The lowest BCUT2D eigenvalue weighted by Gasteiger charge is -2.15. The van der Waals surface area contributed by atoms with Crippen molar-refractivity contribution in [3.05, 3.63) is 60.2 Å². The molecule has 1 aliphatic rings. The van der Waals surface area contributed by atoms with Crippen molar-refractivity contribution in [3.8, 4) is 11.1 Å². The van der Waals surface area contributed by atoms with Crippen LogP contribution in [0.1, 0.15) is 16.8 Å². The fourth-order valence-corrected chi connectivity index (χ4v) is 3.15. The number of ether oxygens (including phenoxy) is 2. The molecular formula is C18H18FO7P. The van der Waals surface area contributed by atoms with E-state index in [0.29, 0.717) is 5.56 Å². The molecule has 7 nitrogen and oxygen atoms in total. The van der Waals surface area contributed by atoms with Crippen molar-refractivity contribution >= 4 is 13.8 Å². The molecule has 1 aliphatic heterocycles. The molecule has 144 valence electrons. The summed E-state index contributed by atoms with van der Waals surface area (Å²) < 4.78 is 39.0. The monoisotopic (exact) mass is 396 g/mol. The molecule has 0 radical (unpaired) electrons. The molecule has 0 spiro atoms. The summed E-state index contributed by atoms with van der Waals surface area (Å²) in [5, 5.41) is 0. The summed E-state index contributed by atoms with van der Waals surface area (Å²) in [5.41, 5.74) is 2.24.